The number of Topliss-reactive ketones (excluding diaryl/α,β-unsaturated/α-hetero) is 4. The molecule has 2 aliphatic rings. The minimum absolute atomic E-state index is 0.163. The van der Waals surface area contributed by atoms with Crippen LogP contribution in [0.5, 0.6) is 0 Å². The van der Waals surface area contributed by atoms with Gasteiger partial charge in [-0.05, 0) is 84.9 Å². The van der Waals surface area contributed by atoms with E-state index in [0.29, 0.717) is 0 Å². The fraction of sp³-hybridized carbons (Fsp3) is 0.111. The van der Waals surface area contributed by atoms with Crippen molar-refractivity contribution in [2.45, 2.75) is 9.79 Å². The zero-order valence-electron chi connectivity index (χ0n) is 26.5. The lowest BCUT2D eigenvalue weighted by molar-refractivity contribution is -0.118. The molecule has 0 heterocycles. The van der Waals surface area contributed by atoms with Crippen molar-refractivity contribution in [3.05, 3.63) is 118 Å². The molecule has 51 heavy (non-hydrogen) atoms. The Hall–Kier alpha value is -6.61. The van der Waals surface area contributed by atoms with Gasteiger partial charge in [0.05, 0.1) is 35.1 Å². The molecule has 256 valence electrons. The van der Waals surface area contributed by atoms with Gasteiger partial charge in [-0.1, -0.05) is 0 Å². The van der Waals surface area contributed by atoms with Crippen molar-refractivity contribution < 1.29 is 56.2 Å². The Bertz CT molecular complexity index is 2190. The van der Waals surface area contributed by atoms with Gasteiger partial charge in [-0.2, -0.15) is 0 Å². The van der Waals surface area contributed by atoms with Crippen LogP contribution in [0.3, 0.4) is 0 Å². The summed E-state index contributed by atoms with van der Waals surface area (Å²) in [6.45, 7) is 0. The standard InChI is InChI=1S/C36H24N2O12S/c1-49-35(45)17-3-7-19(8-4-17)37-33(43)27-29(39)23-13-11-21(15-25(23)31(27)41)51(47,48)22-12-14-24-26(16-22)32(42)28(30(24)40)34(44)38-20-9-5-18(6-10-20)36(46)50-2/h3-16,27-28H,1-2H3,(H,37,43)(H,38,44). The number of methoxy groups -OCH3 is 2. The maximum absolute atomic E-state index is 13.7. The first-order valence-corrected chi connectivity index (χ1v) is 16.4. The number of esters is 2. The number of carbonyl (C=O) groups is 8. The predicted octanol–water partition coefficient (Wildman–Crippen LogP) is 3.36. The summed E-state index contributed by atoms with van der Waals surface area (Å²) >= 11 is 0. The van der Waals surface area contributed by atoms with Gasteiger partial charge in [0.15, 0.2) is 35.0 Å². The lowest BCUT2D eigenvalue weighted by Crippen LogP contribution is -2.31. The molecule has 0 fully saturated rings. The highest BCUT2D eigenvalue weighted by Crippen LogP contribution is 2.35. The first-order valence-electron chi connectivity index (χ1n) is 15.0. The largest absolute Gasteiger partial charge is 0.465 e. The molecular formula is C36H24N2O12S. The third-order valence-electron chi connectivity index (χ3n) is 8.38. The van der Waals surface area contributed by atoms with Gasteiger partial charge in [0.1, 0.15) is 0 Å². The number of ketones is 4. The number of hydrogen-bond acceptors (Lipinski definition) is 12. The Kier molecular flexibility index (Phi) is 8.75. The van der Waals surface area contributed by atoms with E-state index in [9.17, 15) is 46.8 Å². The van der Waals surface area contributed by atoms with E-state index in [0.717, 1.165) is 36.4 Å². The molecule has 0 saturated heterocycles. The number of nitrogens with one attached hydrogen (secondary N) is 2. The molecule has 4 aromatic rings. The van der Waals surface area contributed by atoms with Gasteiger partial charge in [-0.15, -0.1) is 0 Å². The smallest absolute Gasteiger partial charge is 0.337 e. The van der Waals surface area contributed by atoms with Crippen molar-refractivity contribution in [3.8, 4) is 0 Å². The minimum Gasteiger partial charge on any atom is -0.465 e. The Morgan fingerprint density at radius 1 is 0.510 bits per heavy atom. The lowest BCUT2D eigenvalue weighted by atomic mass is 10.0. The van der Waals surface area contributed by atoms with Crippen LogP contribution in [0.1, 0.15) is 62.1 Å². The Labute approximate surface area is 288 Å². The van der Waals surface area contributed by atoms with Crippen molar-refractivity contribution >= 4 is 68.1 Å². The number of hydrogen-bond donors (Lipinski definition) is 2. The fourth-order valence-electron chi connectivity index (χ4n) is 5.73. The quantitative estimate of drug-likeness (QED) is 0.199. The topological polar surface area (TPSA) is 213 Å². The summed E-state index contributed by atoms with van der Waals surface area (Å²) in [5.74, 6) is -10.3. The van der Waals surface area contributed by atoms with Gasteiger partial charge >= 0.3 is 11.9 Å². The van der Waals surface area contributed by atoms with Crippen LogP contribution in [0.15, 0.2) is 94.7 Å². The van der Waals surface area contributed by atoms with Crippen LogP contribution in [-0.4, -0.2) is 69.5 Å². The van der Waals surface area contributed by atoms with Gasteiger partial charge in [0.2, 0.25) is 21.7 Å². The number of fused-ring (bicyclic) bond motifs is 2. The van der Waals surface area contributed by atoms with Gasteiger partial charge in [-0.3, -0.25) is 28.8 Å². The molecule has 2 N–H and O–H groups in total. The van der Waals surface area contributed by atoms with Crippen molar-refractivity contribution in [3.63, 3.8) is 0 Å². The summed E-state index contributed by atoms with van der Waals surface area (Å²) in [4.78, 5) is 101. The number of benzene rings is 4. The molecule has 6 rings (SSSR count). The van der Waals surface area contributed by atoms with E-state index < -0.39 is 78.3 Å². The van der Waals surface area contributed by atoms with Crippen molar-refractivity contribution in [1.29, 1.82) is 0 Å². The van der Waals surface area contributed by atoms with Crippen molar-refractivity contribution in [2.75, 3.05) is 24.9 Å². The fourth-order valence-corrected chi connectivity index (χ4v) is 7.05. The molecule has 15 heteroatoms. The van der Waals surface area contributed by atoms with Gasteiger partial charge in [0.25, 0.3) is 0 Å². The molecule has 2 atom stereocenters. The molecular weight excluding hydrogens is 684 g/mol. The second-order valence-electron chi connectivity index (χ2n) is 11.4. The van der Waals surface area contributed by atoms with Crippen LogP contribution in [-0.2, 0) is 28.9 Å². The highest BCUT2D eigenvalue weighted by molar-refractivity contribution is 7.91. The Morgan fingerprint density at radius 3 is 1.18 bits per heavy atom. The number of sulfone groups is 1. The first kappa shape index (κ1) is 34.3. The second-order valence-corrected chi connectivity index (χ2v) is 13.3. The summed E-state index contributed by atoms with van der Waals surface area (Å²) in [6, 6.07) is 17.3. The number of carbonyl (C=O) groups excluding carboxylic acids is 8. The van der Waals surface area contributed by atoms with E-state index in [2.05, 4.69) is 20.1 Å². The summed E-state index contributed by atoms with van der Waals surface area (Å²) in [5, 5.41) is 4.89. The predicted molar refractivity (Wildman–Crippen MR) is 175 cm³/mol. The summed E-state index contributed by atoms with van der Waals surface area (Å²) < 4.78 is 36.6. The molecule has 2 unspecified atom stereocenters. The maximum Gasteiger partial charge on any atom is 0.337 e. The molecule has 0 radical (unpaired) electrons. The van der Waals surface area contributed by atoms with Crippen LogP contribution in [0, 0.1) is 11.8 Å². The van der Waals surface area contributed by atoms with Crippen LogP contribution in [0.4, 0.5) is 11.4 Å². The number of anilines is 2. The van der Waals surface area contributed by atoms with E-state index in [1.54, 1.807) is 0 Å². The number of rotatable bonds is 8. The van der Waals surface area contributed by atoms with Crippen LogP contribution >= 0.6 is 0 Å². The highest BCUT2D eigenvalue weighted by atomic mass is 32.2. The first-order chi connectivity index (χ1) is 24.3. The zero-order chi connectivity index (χ0) is 36.8. The molecule has 0 saturated carbocycles. The second kappa shape index (κ2) is 13.0. The molecule has 0 aliphatic heterocycles. The molecule has 0 aromatic heterocycles. The Balaban J connectivity index is 1.20. The Morgan fingerprint density at radius 2 is 0.843 bits per heavy atom. The van der Waals surface area contributed by atoms with Crippen LogP contribution in [0.25, 0.3) is 0 Å². The lowest BCUT2D eigenvalue weighted by Gasteiger charge is -2.09. The molecule has 0 spiro atoms. The van der Waals surface area contributed by atoms with Crippen molar-refractivity contribution in [2.24, 2.45) is 11.8 Å². The molecule has 2 amide bonds. The molecule has 0 bridgehead atoms. The summed E-state index contributed by atoms with van der Waals surface area (Å²) in [7, 11) is -2.06. The minimum atomic E-state index is -4.47. The van der Waals surface area contributed by atoms with Crippen LogP contribution in [0.2, 0.25) is 0 Å². The molecule has 2 aliphatic carbocycles. The number of ether oxygens (including phenoxy) is 2. The van der Waals surface area contributed by atoms with Gasteiger partial charge < -0.3 is 20.1 Å². The zero-order valence-corrected chi connectivity index (χ0v) is 27.4. The SMILES string of the molecule is COC(=O)c1ccc(NC(=O)C2C(=O)c3ccc(S(=O)(=O)c4ccc5c(c4)C(=O)C(C(=O)Nc4ccc(C(=O)OC)cc4)C5=O)cc3C2=O)cc1. The third kappa shape index (κ3) is 5.99. The third-order valence-corrected chi connectivity index (χ3v) is 10.1. The summed E-state index contributed by atoms with van der Waals surface area (Å²) in [5.41, 5.74) is -0.146. The van der Waals surface area contributed by atoms with Gasteiger partial charge in [0, 0.05) is 33.6 Å². The molecule has 14 nitrogen and oxygen atoms in total. The molecule has 4 aromatic carbocycles. The summed E-state index contributed by atoms with van der Waals surface area (Å²) in [6.07, 6.45) is 0. The highest BCUT2D eigenvalue weighted by Gasteiger charge is 2.46. The average Bonchev–Trinajstić information content (AvgIpc) is 3.54. The maximum atomic E-state index is 13.7. The van der Waals surface area contributed by atoms with E-state index in [-0.39, 0.29) is 44.8 Å². The van der Waals surface area contributed by atoms with E-state index in [4.69, 9.17) is 0 Å². The van der Waals surface area contributed by atoms with E-state index in [1.165, 1.54) is 62.8 Å². The normalized spacial score (nSPS) is 16.3. The monoisotopic (exact) mass is 708 g/mol. The van der Waals surface area contributed by atoms with Crippen molar-refractivity contribution in [1.82, 2.24) is 0 Å². The van der Waals surface area contributed by atoms with Gasteiger partial charge in [-0.25, -0.2) is 18.0 Å². The average molecular weight is 709 g/mol. The van der Waals surface area contributed by atoms with Crippen LogP contribution < -0.4 is 10.6 Å². The van der Waals surface area contributed by atoms with E-state index in [1.807, 2.05) is 0 Å². The number of amides is 2. The van der Waals surface area contributed by atoms with E-state index >= 15 is 0 Å².